The maximum absolute atomic E-state index is 5.73. The summed E-state index contributed by atoms with van der Waals surface area (Å²) in [5.74, 6) is 1.68. The Morgan fingerprint density at radius 1 is 0.786 bits per heavy atom. The van der Waals surface area contributed by atoms with Crippen LogP contribution in [0.3, 0.4) is 0 Å². The Morgan fingerprint density at radius 3 is 2.39 bits per heavy atom. The monoisotopic (exact) mass is 374 g/mol. The molecule has 1 aliphatic rings. The van der Waals surface area contributed by atoms with Crippen molar-refractivity contribution in [1.29, 1.82) is 0 Å². The zero-order chi connectivity index (χ0) is 18.8. The highest BCUT2D eigenvalue weighted by Crippen LogP contribution is 2.21. The van der Waals surface area contributed by atoms with Crippen LogP contribution in [0.15, 0.2) is 69.7 Å². The van der Waals surface area contributed by atoms with Gasteiger partial charge in [0.2, 0.25) is 5.89 Å². The van der Waals surface area contributed by atoms with Gasteiger partial charge in [-0.15, -0.1) is 10.2 Å². The van der Waals surface area contributed by atoms with Crippen molar-refractivity contribution in [2.45, 2.75) is 13.1 Å². The average molecular weight is 374 g/mol. The molecule has 2 aromatic heterocycles. The molecule has 1 aliphatic heterocycles. The van der Waals surface area contributed by atoms with E-state index in [1.54, 1.807) is 6.26 Å². The van der Waals surface area contributed by atoms with E-state index in [1.807, 2.05) is 12.1 Å². The summed E-state index contributed by atoms with van der Waals surface area (Å²) in [6.07, 6.45) is 1.61. The number of hydrogen-bond acceptors (Lipinski definition) is 6. The topological polar surface area (TPSA) is 58.5 Å². The van der Waals surface area contributed by atoms with Gasteiger partial charge in [-0.3, -0.25) is 9.80 Å². The van der Waals surface area contributed by atoms with Gasteiger partial charge in [-0.25, -0.2) is 0 Å². The number of piperazine rings is 1. The molecule has 5 rings (SSSR count). The highest BCUT2D eigenvalue weighted by atomic mass is 16.4. The second-order valence-electron chi connectivity index (χ2n) is 7.17. The van der Waals surface area contributed by atoms with E-state index in [0.717, 1.165) is 32.7 Å². The summed E-state index contributed by atoms with van der Waals surface area (Å²) in [5, 5.41) is 10.9. The zero-order valence-electron chi connectivity index (χ0n) is 15.6. The number of rotatable bonds is 5. The van der Waals surface area contributed by atoms with Gasteiger partial charge in [0.1, 0.15) is 0 Å². The van der Waals surface area contributed by atoms with Crippen LogP contribution in [0.25, 0.3) is 22.4 Å². The maximum Gasteiger partial charge on any atom is 0.283 e. The lowest BCUT2D eigenvalue weighted by atomic mass is 10.0. The van der Waals surface area contributed by atoms with Gasteiger partial charge in [-0.1, -0.05) is 42.5 Å². The Morgan fingerprint density at radius 2 is 1.57 bits per heavy atom. The van der Waals surface area contributed by atoms with Crippen LogP contribution in [0.4, 0.5) is 0 Å². The molecule has 0 bridgehead atoms. The standard InChI is InChI=1S/C22H22N4O2/c1-2-8-19-17(5-1)6-3-7-18(19)15-25-10-12-26(13-11-25)16-21-23-24-22(28-21)20-9-4-14-27-20/h1-9,14H,10-13,15-16H2. The molecule has 0 N–H and O–H groups in total. The first-order valence-corrected chi connectivity index (χ1v) is 9.63. The molecule has 0 saturated carbocycles. The number of hydrogen-bond donors (Lipinski definition) is 0. The largest absolute Gasteiger partial charge is 0.459 e. The lowest BCUT2D eigenvalue weighted by Gasteiger charge is -2.34. The van der Waals surface area contributed by atoms with Crippen LogP contribution in [0.1, 0.15) is 11.5 Å². The van der Waals surface area contributed by atoms with Crippen molar-refractivity contribution in [3.05, 3.63) is 72.3 Å². The normalized spacial score (nSPS) is 16.0. The van der Waals surface area contributed by atoms with Gasteiger partial charge in [0.15, 0.2) is 5.76 Å². The minimum Gasteiger partial charge on any atom is -0.459 e. The van der Waals surface area contributed by atoms with Crippen LogP contribution < -0.4 is 0 Å². The quantitative estimate of drug-likeness (QED) is 0.530. The van der Waals surface area contributed by atoms with Crippen molar-refractivity contribution >= 4 is 10.8 Å². The molecule has 3 heterocycles. The van der Waals surface area contributed by atoms with Gasteiger partial charge >= 0.3 is 0 Å². The molecule has 2 aromatic carbocycles. The maximum atomic E-state index is 5.73. The molecule has 0 unspecified atom stereocenters. The number of benzene rings is 2. The predicted molar refractivity (Wildman–Crippen MR) is 107 cm³/mol. The van der Waals surface area contributed by atoms with E-state index < -0.39 is 0 Å². The van der Waals surface area contributed by atoms with Crippen LogP contribution in [0.2, 0.25) is 0 Å². The Labute approximate surface area is 163 Å². The van der Waals surface area contributed by atoms with Crippen LogP contribution in [-0.4, -0.2) is 46.2 Å². The average Bonchev–Trinajstić information content (AvgIpc) is 3.42. The number of furan rings is 1. The van der Waals surface area contributed by atoms with E-state index in [4.69, 9.17) is 8.83 Å². The molecular formula is C22H22N4O2. The molecule has 4 aromatic rings. The first kappa shape index (κ1) is 17.2. The first-order chi connectivity index (χ1) is 13.8. The summed E-state index contributed by atoms with van der Waals surface area (Å²) in [4.78, 5) is 4.87. The van der Waals surface area contributed by atoms with Gasteiger partial charge in [0.25, 0.3) is 5.89 Å². The smallest absolute Gasteiger partial charge is 0.283 e. The van der Waals surface area contributed by atoms with E-state index in [9.17, 15) is 0 Å². The fourth-order valence-corrected chi connectivity index (χ4v) is 3.79. The fourth-order valence-electron chi connectivity index (χ4n) is 3.79. The van der Waals surface area contributed by atoms with Gasteiger partial charge in [-0.05, 0) is 28.5 Å². The summed E-state index contributed by atoms with van der Waals surface area (Å²) in [5.41, 5.74) is 1.39. The fraction of sp³-hybridized carbons (Fsp3) is 0.273. The van der Waals surface area contributed by atoms with Crippen LogP contribution in [0, 0.1) is 0 Å². The second-order valence-corrected chi connectivity index (χ2v) is 7.17. The summed E-state index contributed by atoms with van der Waals surface area (Å²) < 4.78 is 11.0. The molecule has 1 fully saturated rings. The van der Waals surface area contributed by atoms with E-state index in [1.165, 1.54) is 16.3 Å². The van der Waals surface area contributed by atoms with Crippen molar-refractivity contribution in [3.8, 4) is 11.7 Å². The molecule has 6 heteroatoms. The van der Waals surface area contributed by atoms with Crippen molar-refractivity contribution < 1.29 is 8.83 Å². The third kappa shape index (κ3) is 3.56. The summed E-state index contributed by atoms with van der Waals surface area (Å²) >= 11 is 0. The Bertz CT molecular complexity index is 1040. The first-order valence-electron chi connectivity index (χ1n) is 9.63. The third-order valence-electron chi connectivity index (χ3n) is 5.30. The van der Waals surface area contributed by atoms with Gasteiger partial charge in [0, 0.05) is 32.7 Å². The minimum atomic E-state index is 0.439. The zero-order valence-corrected chi connectivity index (χ0v) is 15.6. The highest BCUT2D eigenvalue weighted by Gasteiger charge is 2.20. The van der Waals surface area contributed by atoms with Crippen molar-refractivity contribution in [2.24, 2.45) is 0 Å². The predicted octanol–water partition coefficient (Wildman–Crippen LogP) is 3.80. The highest BCUT2D eigenvalue weighted by molar-refractivity contribution is 5.85. The minimum absolute atomic E-state index is 0.439. The molecule has 0 radical (unpaired) electrons. The number of fused-ring (bicyclic) bond motifs is 1. The van der Waals surface area contributed by atoms with E-state index in [2.05, 4.69) is 62.5 Å². The second kappa shape index (κ2) is 7.58. The molecule has 6 nitrogen and oxygen atoms in total. The molecule has 0 atom stereocenters. The molecule has 0 spiro atoms. The number of aromatic nitrogens is 2. The summed E-state index contributed by atoms with van der Waals surface area (Å²) in [6, 6.07) is 18.8. The summed E-state index contributed by atoms with van der Waals surface area (Å²) in [7, 11) is 0. The molecule has 0 amide bonds. The molecule has 0 aliphatic carbocycles. The van der Waals surface area contributed by atoms with Crippen LogP contribution >= 0.6 is 0 Å². The molecule has 28 heavy (non-hydrogen) atoms. The Balaban J connectivity index is 1.19. The molecular weight excluding hydrogens is 352 g/mol. The SMILES string of the molecule is c1coc(-c2nnc(CN3CCN(Cc4cccc5ccccc45)CC3)o2)c1. The van der Waals surface area contributed by atoms with Gasteiger partial charge in [-0.2, -0.15) is 0 Å². The van der Waals surface area contributed by atoms with E-state index >= 15 is 0 Å². The van der Waals surface area contributed by atoms with Crippen LogP contribution in [0.5, 0.6) is 0 Å². The Kier molecular flexibility index (Phi) is 4.64. The van der Waals surface area contributed by atoms with Crippen molar-refractivity contribution in [1.82, 2.24) is 20.0 Å². The lowest BCUT2D eigenvalue weighted by molar-refractivity contribution is 0.115. The molecule has 1 saturated heterocycles. The lowest BCUT2D eigenvalue weighted by Crippen LogP contribution is -2.45. The number of nitrogens with zero attached hydrogens (tertiary/aromatic N) is 4. The van der Waals surface area contributed by atoms with Crippen LogP contribution in [-0.2, 0) is 13.1 Å². The van der Waals surface area contributed by atoms with Crippen molar-refractivity contribution in [2.75, 3.05) is 26.2 Å². The Hall–Kier alpha value is -2.96. The summed E-state index contributed by atoms with van der Waals surface area (Å²) in [6.45, 7) is 5.70. The van der Waals surface area contributed by atoms with E-state index in [0.29, 0.717) is 24.1 Å². The van der Waals surface area contributed by atoms with Gasteiger partial charge in [0.05, 0.1) is 12.8 Å². The third-order valence-corrected chi connectivity index (χ3v) is 5.30. The van der Waals surface area contributed by atoms with Crippen molar-refractivity contribution in [3.63, 3.8) is 0 Å². The molecule has 142 valence electrons. The van der Waals surface area contributed by atoms with E-state index in [-0.39, 0.29) is 0 Å². The van der Waals surface area contributed by atoms with Gasteiger partial charge < -0.3 is 8.83 Å².